The number of carbonyl (C=O) groups is 1. The van der Waals surface area contributed by atoms with Gasteiger partial charge < -0.3 is 14.3 Å². The number of benzene rings is 2. The van der Waals surface area contributed by atoms with Crippen molar-refractivity contribution >= 4 is 24.7 Å². The molecule has 0 aliphatic heterocycles. The molecule has 0 aliphatic carbocycles. The average Bonchev–Trinajstić information content (AvgIpc) is 2.77. The smallest absolute Gasteiger partial charge is 0.314 e. The van der Waals surface area contributed by atoms with Crippen LogP contribution in [-0.2, 0) is 14.0 Å². The second kappa shape index (κ2) is 11.9. The Labute approximate surface area is 214 Å². The summed E-state index contributed by atoms with van der Waals surface area (Å²) >= 11 is 0. The van der Waals surface area contributed by atoms with Crippen LogP contribution in [0.25, 0.3) is 0 Å². The summed E-state index contributed by atoms with van der Waals surface area (Å²) < 4.78 is 12.4. The predicted octanol–water partition coefficient (Wildman–Crippen LogP) is 5.85. The highest BCUT2D eigenvalue weighted by Crippen LogP contribution is 2.37. The predicted molar refractivity (Wildman–Crippen MR) is 148 cm³/mol. The van der Waals surface area contributed by atoms with Crippen LogP contribution in [0.2, 0.25) is 5.04 Å². The van der Waals surface area contributed by atoms with Crippen LogP contribution in [0.1, 0.15) is 81.1 Å². The van der Waals surface area contributed by atoms with E-state index in [9.17, 15) is 9.90 Å². The summed E-state index contributed by atoms with van der Waals surface area (Å²) in [6, 6.07) is 21.3. The number of carbonyl (C=O) groups excluding carboxylic acids is 1. The van der Waals surface area contributed by atoms with E-state index in [4.69, 9.17) is 9.16 Å². The number of aliphatic hydroxyl groups excluding tert-OH is 1. The van der Waals surface area contributed by atoms with Crippen molar-refractivity contribution in [2.24, 2.45) is 5.41 Å². The summed E-state index contributed by atoms with van der Waals surface area (Å²) in [7, 11) is -2.51. The molecule has 2 aromatic carbocycles. The first-order valence-electron chi connectivity index (χ1n) is 12.9. The second-order valence-corrected chi connectivity index (χ2v) is 16.4. The molecule has 0 amide bonds. The molecule has 194 valence electrons. The minimum Gasteiger partial charge on any atom is -0.459 e. The number of ether oxygens (including phenoxy) is 1. The summed E-state index contributed by atoms with van der Waals surface area (Å²) in [5.41, 5.74) is -1.49. The lowest BCUT2D eigenvalue weighted by atomic mass is 9.83. The number of hydrogen-bond donors (Lipinski definition) is 1. The van der Waals surface area contributed by atoms with Gasteiger partial charge in [-0.2, -0.15) is 0 Å². The molecular formula is C30H46O4Si. The molecule has 0 saturated heterocycles. The number of aliphatic hydroxyl groups is 1. The third-order valence-corrected chi connectivity index (χ3v) is 11.7. The Morgan fingerprint density at radius 2 is 1.29 bits per heavy atom. The maximum absolute atomic E-state index is 12.5. The van der Waals surface area contributed by atoms with E-state index in [0.717, 1.165) is 19.3 Å². The van der Waals surface area contributed by atoms with Crippen molar-refractivity contribution in [2.75, 3.05) is 6.61 Å². The number of hydrogen-bond acceptors (Lipinski definition) is 4. The Kier molecular flexibility index (Phi) is 9.92. The third kappa shape index (κ3) is 7.52. The fourth-order valence-electron chi connectivity index (χ4n) is 4.51. The van der Waals surface area contributed by atoms with Gasteiger partial charge in [0, 0.05) is 6.61 Å². The Bertz CT molecular complexity index is 871. The first kappa shape index (κ1) is 29.3. The lowest BCUT2D eigenvalue weighted by Crippen LogP contribution is -2.66. The van der Waals surface area contributed by atoms with Gasteiger partial charge >= 0.3 is 5.97 Å². The van der Waals surface area contributed by atoms with E-state index in [0.29, 0.717) is 13.0 Å². The molecule has 35 heavy (non-hydrogen) atoms. The summed E-state index contributed by atoms with van der Waals surface area (Å²) in [4.78, 5) is 12.5. The molecule has 1 N–H and O–H groups in total. The summed E-state index contributed by atoms with van der Waals surface area (Å²) in [5, 5.41) is 13.2. The third-order valence-electron chi connectivity index (χ3n) is 6.62. The molecule has 2 aromatic rings. The minimum atomic E-state index is -2.51. The van der Waals surface area contributed by atoms with Gasteiger partial charge in [-0.3, -0.25) is 4.79 Å². The molecule has 0 bridgehead atoms. The zero-order chi connectivity index (χ0) is 26.3. The Balaban J connectivity index is 2.02. The zero-order valence-corrected chi connectivity index (χ0v) is 24.1. The molecule has 0 radical (unpaired) electrons. The molecule has 0 aliphatic rings. The normalized spacial score (nSPS) is 14.0. The van der Waals surface area contributed by atoms with E-state index in [2.05, 4.69) is 81.4 Å². The lowest BCUT2D eigenvalue weighted by molar-refractivity contribution is -0.172. The van der Waals surface area contributed by atoms with Gasteiger partial charge in [0.25, 0.3) is 8.32 Å². The molecule has 0 spiro atoms. The van der Waals surface area contributed by atoms with Crippen molar-refractivity contribution in [2.45, 2.75) is 97.8 Å². The van der Waals surface area contributed by atoms with Crippen LogP contribution in [0.5, 0.6) is 0 Å². The van der Waals surface area contributed by atoms with Crippen molar-refractivity contribution in [3.8, 4) is 0 Å². The fraction of sp³-hybridized carbons (Fsp3) is 0.567. The zero-order valence-electron chi connectivity index (χ0n) is 23.1. The quantitative estimate of drug-likeness (QED) is 0.240. The maximum atomic E-state index is 12.5. The first-order valence-corrected chi connectivity index (χ1v) is 14.8. The van der Waals surface area contributed by atoms with Crippen LogP contribution in [0.15, 0.2) is 60.7 Å². The molecule has 1 unspecified atom stereocenters. The van der Waals surface area contributed by atoms with E-state index in [1.165, 1.54) is 10.4 Å². The van der Waals surface area contributed by atoms with Crippen molar-refractivity contribution in [1.29, 1.82) is 0 Å². The number of rotatable bonds is 11. The number of unbranched alkanes of at least 4 members (excludes halogenated alkanes) is 2. The molecule has 2 rings (SSSR count). The van der Waals surface area contributed by atoms with Gasteiger partial charge in [-0.15, -0.1) is 0 Å². The maximum Gasteiger partial charge on any atom is 0.314 e. The first-order chi connectivity index (χ1) is 16.2. The molecule has 0 saturated carbocycles. The summed E-state index contributed by atoms with van der Waals surface area (Å²) in [6.07, 6.45) is 2.49. The van der Waals surface area contributed by atoms with Crippen LogP contribution in [0.4, 0.5) is 0 Å². The van der Waals surface area contributed by atoms with E-state index in [-0.39, 0.29) is 11.0 Å². The van der Waals surface area contributed by atoms with Crippen molar-refractivity contribution < 1.29 is 19.1 Å². The van der Waals surface area contributed by atoms with E-state index >= 15 is 0 Å². The standard InChI is InChI=1S/C30H46O4Si/c1-28(2,3)34-27(32)30(7,8)26(31)22-16-11-17-23-33-35(29(4,5)6,24-18-12-9-13-19-24)25-20-14-10-15-21-25/h9-10,12-15,18-21,26,31H,11,16-17,22-23H2,1-8H3. The summed E-state index contributed by atoms with van der Waals surface area (Å²) in [5.74, 6) is -0.354. The minimum absolute atomic E-state index is 0.0384. The Hall–Kier alpha value is -1.95. The highest BCUT2D eigenvalue weighted by Gasteiger charge is 2.50. The highest BCUT2D eigenvalue weighted by atomic mass is 28.4. The Morgan fingerprint density at radius 1 is 0.800 bits per heavy atom. The van der Waals surface area contributed by atoms with Crippen LogP contribution in [0.3, 0.4) is 0 Å². The highest BCUT2D eigenvalue weighted by molar-refractivity contribution is 6.99. The van der Waals surface area contributed by atoms with Gasteiger partial charge in [0.1, 0.15) is 5.60 Å². The van der Waals surface area contributed by atoms with Gasteiger partial charge in [-0.25, -0.2) is 0 Å². The molecule has 0 fully saturated rings. The topological polar surface area (TPSA) is 55.8 Å². The van der Waals surface area contributed by atoms with Crippen LogP contribution in [0, 0.1) is 5.41 Å². The summed E-state index contributed by atoms with van der Waals surface area (Å²) in [6.45, 7) is 16.6. The molecule has 0 heterocycles. The van der Waals surface area contributed by atoms with Crippen molar-refractivity contribution in [1.82, 2.24) is 0 Å². The molecular weight excluding hydrogens is 452 g/mol. The Morgan fingerprint density at radius 3 is 1.71 bits per heavy atom. The van der Waals surface area contributed by atoms with Crippen molar-refractivity contribution in [3.05, 3.63) is 60.7 Å². The van der Waals surface area contributed by atoms with Gasteiger partial charge in [0.05, 0.1) is 11.5 Å². The van der Waals surface area contributed by atoms with Crippen molar-refractivity contribution in [3.63, 3.8) is 0 Å². The molecule has 1 atom stereocenters. The molecule has 0 aromatic heterocycles. The molecule has 4 nitrogen and oxygen atoms in total. The lowest BCUT2D eigenvalue weighted by Gasteiger charge is -2.43. The van der Waals surface area contributed by atoms with E-state index < -0.39 is 25.4 Å². The van der Waals surface area contributed by atoms with Gasteiger partial charge in [0.2, 0.25) is 0 Å². The largest absolute Gasteiger partial charge is 0.459 e. The SMILES string of the molecule is CC(C)(C)OC(=O)C(C)(C)C(O)CCCCCO[Si](c1ccccc1)(c1ccccc1)C(C)(C)C. The van der Waals surface area contributed by atoms with Gasteiger partial charge in [-0.1, -0.05) is 94.3 Å². The van der Waals surface area contributed by atoms with Crippen LogP contribution < -0.4 is 10.4 Å². The van der Waals surface area contributed by atoms with Gasteiger partial charge in [0.15, 0.2) is 0 Å². The monoisotopic (exact) mass is 498 g/mol. The van der Waals surface area contributed by atoms with Crippen LogP contribution >= 0.6 is 0 Å². The van der Waals surface area contributed by atoms with E-state index in [1.54, 1.807) is 13.8 Å². The average molecular weight is 499 g/mol. The van der Waals surface area contributed by atoms with Crippen LogP contribution in [-0.4, -0.2) is 37.7 Å². The van der Waals surface area contributed by atoms with Gasteiger partial charge in [-0.05, 0) is 62.9 Å². The van der Waals surface area contributed by atoms with E-state index in [1.807, 2.05) is 20.8 Å². The number of esters is 1. The second-order valence-electron chi connectivity index (χ2n) is 12.1. The molecule has 5 heteroatoms. The fourth-order valence-corrected chi connectivity index (χ4v) is 9.12.